The van der Waals surface area contributed by atoms with Gasteiger partial charge in [-0.25, -0.2) is 9.07 Å². The number of aryl methyl sites for hydroxylation is 1. The molecule has 6 nitrogen and oxygen atoms in total. The van der Waals surface area contributed by atoms with E-state index in [9.17, 15) is 4.39 Å². The summed E-state index contributed by atoms with van der Waals surface area (Å²) in [6.45, 7) is 7.32. The summed E-state index contributed by atoms with van der Waals surface area (Å²) >= 11 is 0. The van der Waals surface area contributed by atoms with Crippen LogP contribution in [0.3, 0.4) is 0 Å². The molecule has 1 aliphatic heterocycles. The number of aromatic nitrogens is 2. The second kappa shape index (κ2) is 8.26. The summed E-state index contributed by atoms with van der Waals surface area (Å²) in [5, 5.41) is 13.8. The predicted octanol–water partition coefficient (Wildman–Crippen LogP) is 2.69. The molecule has 1 saturated heterocycles. The maximum atomic E-state index is 13.7. The molecule has 0 amide bonds. The van der Waals surface area contributed by atoms with Crippen molar-refractivity contribution in [2.75, 3.05) is 39.3 Å². The van der Waals surface area contributed by atoms with E-state index in [2.05, 4.69) is 9.80 Å². The van der Waals surface area contributed by atoms with Gasteiger partial charge in [-0.05, 0) is 37.3 Å². The Hall–Kier alpha value is -2.48. The lowest BCUT2D eigenvalue weighted by atomic mass is 10.2. The highest BCUT2D eigenvalue weighted by Gasteiger charge is 2.21. The highest BCUT2D eigenvalue weighted by Crippen LogP contribution is 2.27. The number of nitrogens with zero attached hydrogens (tertiary/aromatic N) is 4. The zero-order valence-corrected chi connectivity index (χ0v) is 16.0. The van der Waals surface area contributed by atoms with Gasteiger partial charge >= 0.3 is 0 Å². The SMILES string of the molecule is Cc1ccc(-c2nn(-c3cccc(F)c3)cc2CN2CCN(CCO)CC2)o1. The molecule has 2 aromatic heterocycles. The van der Waals surface area contributed by atoms with Gasteiger partial charge in [0.1, 0.15) is 17.3 Å². The van der Waals surface area contributed by atoms with Crippen molar-refractivity contribution < 1.29 is 13.9 Å². The molecular weight excluding hydrogens is 359 g/mol. The van der Waals surface area contributed by atoms with Crippen molar-refractivity contribution in [1.29, 1.82) is 0 Å². The average molecular weight is 384 g/mol. The number of aliphatic hydroxyl groups is 1. The van der Waals surface area contributed by atoms with Gasteiger partial charge < -0.3 is 9.52 Å². The third-order valence-electron chi connectivity index (χ3n) is 5.11. The molecule has 3 aromatic rings. The van der Waals surface area contributed by atoms with Gasteiger partial charge in [-0.3, -0.25) is 9.80 Å². The summed E-state index contributed by atoms with van der Waals surface area (Å²) in [5.74, 6) is 1.27. The Morgan fingerprint density at radius 2 is 1.89 bits per heavy atom. The van der Waals surface area contributed by atoms with E-state index >= 15 is 0 Å². The monoisotopic (exact) mass is 384 g/mol. The van der Waals surface area contributed by atoms with Crippen molar-refractivity contribution in [1.82, 2.24) is 19.6 Å². The Bertz CT molecular complexity index is 928. The Morgan fingerprint density at radius 3 is 2.57 bits per heavy atom. The van der Waals surface area contributed by atoms with Crippen molar-refractivity contribution in [2.24, 2.45) is 0 Å². The fourth-order valence-electron chi connectivity index (χ4n) is 3.60. The number of furan rings is 1. The lowest BCUT2D eigenvalue weighted by Crippen LogP contribution is -2.46. The van der Waals surface area contributed by atoms with Crippen LogP contribution >= 0.6 is 0 Å². The topological polar surface area (TPSA) is 57.7 Å². The number of aliphatic hydroxyl groups excluding tert-OH is 1. The van der Waals surface area contributed by atoms with Crippen LogP contribution in [0.2, 0.25) is 0 Å². The van der Waals surface area contributed by atoms with E-state index in [0.29, 0.717) is 5.69 Å². The molecule has 0 saturated carbocycles. The standard InChI is InChI=1S/C21H25FN4O2/c1-16-5-6-20(28-16)21-17(14-25-9-7-24(8-10-25)11-12-27)15-26(23-21)19-4-2-3-18(22)13-19/h2-6,13,15,27H,7-12,14H2,1H3. The van der Waals surface area contributed by atoms with Crippen molar-refractivity contribution in [3.63, 3.8) is 0 Å². The van der Waals surface area contributed by atoms with Gasteiger partial charge in [-0.2, -0.15) is 5.10 Å². The number of rotatable bonds is 6. The quantitative estimate of drug-likeness (QED) is 0.708. The fourth-order valence-corrected chi connectivity index (χ4v) is 3.60. The lowest BCUT2D eigenvalue weighted by molar-refractivity contribution is 0.108. The molecule has 0 aliphatic carbocycles. The van der Waals surface area contributed by atoms with E-state index < -0.39 is 0 Å². The predicted molar refractivity (Wildman–Crippen MR) is 105 cm³/mol. The Morgan fingerprint density at radius 1 is 1.11 bits per heavy atom. The number of halogens is 1. The van der Waals surface area contributed by atoms with Gasteiger partial charge in [0.25, 0.3) is 0 Å². The van der Waals surface area contributed by atoms with Crippen LogP contribution in [0.15, 0.2) is 47.0 Å². The van der Waals surface area contributed by atoms with Crippen molar-refractivity contribution >= 4 is 0 Å². The number of β-amino-alcohol motifs (C(OH)–C–C–N with tert-alkyl or cyclic N) is 1. The molecule has 1 fully saturated rings. The van der Waals surface area contributed by atoms with Crippen LogP contribution in [0.5, 0.6) is 0 Å². The zero-order chi connectivity index (χ0) is 19.5. The molecule has 0 bridgehead atoms. The molecule has 3 heterocycles. The zero-order valence-electron chi connectivity index (χ0n) is 16.0. The smallest absolute Gasteiger partial charge is 0.154 e. The van der Waals surface area contributed by atoms with Crippen molar-refractivity contribution in [3.05, 3.63) is 59.7 Å². The first-order valence-electron chi connectivity index (χ1n) is 9.59. The van der Waals surface area contributed by atoms with Gasteiger partial charge in [-0.1, -0.05) is 6.07 Å². The fraction of sp³-hybridized carbons (Fsp3) is 0.381. The molecule has 1 aliphatic rings. The highest BCUT2D eigenvalue weighted by molar-refractivity contribution is 5.58. The van der Waals surface area contributed by atoms with E-state index in [4.69, 9.17) is 14.6 Å². The Kier molecular flexibility index (Phi) is 5.57. The van der Waals surface area contributed by atoms with Crippen molar-refractivity contribution in [2.45, 2.75) is 13.5 Å². The third kappa shape index (κ3) is 4.16. The average Bonchev–Trinajstić information content (AvgIpc) is 3.30. The minimum atomic E-state index is -0.287. The summed E-state index contributed by atoms with van der Waals surface area (Å²) < 4.78 is 21.2. The first-order valence-corrected chi connectivity index (χ1v) is 9.59. The van der Waals surface area contributed by atoms with E-state index in [1.165, 1.54) is 12.1 Å². The number of benzene rings is 1. The molecule has 1 aromatic carbocycles. The molecule has 0 radical (unpaired) electrons. The number of piperazine rings is 1. The maximum Gasteiger partial charge on any atom is 0.154 e. The third-order valence-corrected chi connectivity index (χ3v) is 5.11. The summed E-state index contributed by atoms with van der Waals surface area (Å²) in [6.07, 6.45) is 1.96. The summed E-state index contributed by atoms with van der Waals surface area (Å²) in [6, 6.07) is 10.3. The van der Waals surface area contributed by atoms with Gasteiger partial charge in [-0.15, -0.1) is 0 Å². The van der Waals surface area contributed by atoms with E-state index in [1.54, 1.807) is 10.7 Å². The van der Waals surface area contributed by atoms with Crippen LogP contribution in [0, 0.1) is 12.7 Å². The largest absolute Gasteiger partial charge is 0.460 e. The van der Waals surface area contributed by atoms with Gasteiger partial charge in [0.2, 0.25) is 0 Å². The minimum absolute atomic E-state index is 0.197. The van der Waals surface area contributed by atoms with Crippen LogP contribution in [0.4, 0.5) is 4.39 Å². The summed E-state index contributed by atoms with van der Waals surface area (Å²) in [4.78, 5) is 4.64. The second-order valence-corrected chi connectivity index (χ2v) is 7.18. The molecule has 148 valence electrons. The van der Waals surface area contributed by atoms with Crippen LogP contribution < -0.4 is 0 Å². The van der Waals surface area contributed by atoms with Crippen LogP contribution in [-0.4, -0.2) is 64.0 Å². The summed E-state index contributed by atoms with van der Waals surface area (Å²) in [7, 11) is 0. The summed E-state index contributed by atoms with van der Waals surface area (Å²) in [5.41, 5.74) is 2.52. The molecule has 0 spiro atoms. The van der Waals surface area contributed by atoms with Gasteiger partial charge in [0.05, 0.1) is 12.3 Å². The van der Waals surface area contributed by atoms with Crippen LogP contribution in [0.25, 0.3) is 17.1 Å². The maximum absolute atomic E-state index is 13.7. The molecular formula is C21H25FN4O2. The second-order valence-electron chi connectivity index (χ2n) is 7.18. The normalized spacial score (nSPS) is 16.0. The van der Waals surface area contributed by atoms with E-state index in [-0.39, 0.29) is 12.4 Å². The Balaban J connectivity index is 1.60. The van der Waals surface area contributed by atoms with Crippen molar-refractivity contribution in [3.8, 4) is 17.1 Å². The van der Waals surface area contributed by atoms with Crippen LogP contribution in [0.1, 0.15) is 11.3 Å². The Labute approximate surface area is 163 Å². The van der Waals surface area contributed by atoms with Gasteiger partial charge in [0, 0.05) is 51.0 Å². The molecule has 28 heavy (non-hydrogen) atoms. The first-order chi connectivity index (χ1) is 13.6. The van der Waals surface area contributed by atoms with Gasteiger partial charge in [0.15, 0.2) is 5.76 Å². The molecule has 4 rings (SSSR count). The molecule has 0 unspecified atom stereocenters. The number of hydrogen-bond donors (Lipinski definition) is 1. The highest BCUT2D eigenvalue weighted by atomic mass is 19.1. The van der Waals surface area contributed by atoms with E-state index in [1.807, 2.05) is 31.3 Å². The molecule has 7 heteroatoms. The minimum Gasteiger partial charge on any atom is -0.460 e. The molecule has 0 atom stereocenters. The number of hydrogen-bond acceptors (Lipinski definition) is 5. The first kappa shape index (κ1) is 18.9. The molecule has 1 N–H and O–H groups in total. The van der Waals surface area contributed by atoms with Crippen LogP contribution in [-0.2, 0) is 6.54 Å². The van der Waals surface area contributed by atoms with E-state index in [0.717, 1.165) is 62.0 Å². The lowest BCUT2D eigenvalue weighted by Gasteiger charge is -2.34.